The lowest BCUT2D eigenvalue weighted by molar-refractivity contribution is 0.623. The van der Waals surface area contributed by atoms with Crippen LogP contribution in [0, 0.1) is 20.8 Å². The van der Waals surface area contributed by atoms with Crippen LogP contribution in [0.1, 0.15) is 16.7 Å². The standard InChI is InChI=1S/C33H24O3/c1-19-4-10-22(11-5-19)28-16-25-31(34-28)26-17-29(23-12-6-20(2)7-13-23)36-33(26)27-18-30(35-32(25)27)24-14-8-21(3)9-15-24/h4-18H,1-3H3. The maximum atomic E-state index is 6.49. The van der Waals surface area contributed by atoms with E-state index >= 15 is 0 Å². The highest BCUT2D eigenvalue weighted by atomic mass is 16.4. The van der Waals surface area contributed by atoms with Gasteiger partial charge in [0.2, 0.25) is 0 Å². The van der Waals surface area contributed by atoms with Gasteiger partial charge in [-0.2, -0.15) is 0 Å². The van der Waals surface area contributed by atoms with Crippen molar-refractivity contribution in [2.75, 3.05) is 0 Å². The molecule has 0 saturated carbocycles. The van der Waals surface area contributed by atoms with Crippen molar-refractivity contribution in [3.63, 3.8) is 0 Å². The van der Waals surface area contributed by atoms with Crippen LogP contribution in [0.3, 0.4) is 0 Å². The summed E-state index contributed by atoms with van der Waals surface area (Å²) in [4.78, 5) is 0. The van der Waals surface area contributed by atoms with Gasteiger partial charge in [-0.3, -0.25) is 0 Å². The van der Waals surface area contributed by atoms with E-state index in [1.165, 1.54) is 16.7 Å². The van der Waals surface area contributed by atoms with Crippen molar-refractivity contribution in [2.45, 2.75) is 20.8 Å². The Morgan fingerprint density at radius 3 is 0.861 bits per heavy atom. The SMILES string of the molecule is Cc1ccc(-c2cc3c(o2)c2cc(-c4ccc(C)cc4)oc2c2cc(-c4ccc(C)cc4)oc32)cc1. The second-order valence-electron chi connectivity index (χ2n) is 9.66. The van der Waals surface area contributed by atoms with Crippen LogP contribution < -0.4 is 0 Å². The molecule has 0 amide bonds. The van der Waals surface area contributed by atoms with Crippen LogP contribution in [0.25, 0.3) is 66.9 Å². The Labute approximate surface area is 208 Å². The summed E-state index contributed by atoms with van der Waals surface area (Å²) in [6.45, 7) is 6.26. The molecule has 174 valence electrons. The van der Waals surface area contributed by atoms with Crippen molar-refractivity contribution in [3.05, 3.63) is 108 Å². The van der Waals surface area contributed by atoms with E-state index < -0.39 is 0 Å². The Kier molecular flexibility index (Phi) is 4.49. The molecule has 0 saturated heterocycles. The third-order valence-corrected chi connectivity index (χ3v) is 6.94. The molecule has 0 aliphatic rings. The molecule has 7 rings (SSSR count). The van der Waals surface area contributed by atoms with Gasteiger partial charge in [0, 0.05) is 16.7 Å². The molecule has 3 heterocycles. The molecule has 0 aliphatic carbocycles. The predicted molar refractivity (Wildman–Crippen MR) is 146 cm³/mol. The molecule has 7 aromatic rings. The van der Waals surface area contributed by atoms with E-state index in [-0.39, 0.29) is 0 Å². The average molecular weight is 469 g/mol. The number of fused-ring (bicyclic) bond motifs is 6. The fraction of sp³-hybridized carbons (Fsp3) is 0.0909. The highest BCUT2D eigenvalue weighted by Crippen LogP contribution is 2.44. The fourth-order valence-corrected chi connectivity index (χ4v) is 4.86. The van der Waals surface area contributed by atoms with Crippen molar-refractivity contribution in [1.82, 2.24) is 0 Å². The lowest BCUT2D eigenvalue weighted by Gasteiger charge is -1.97. The van der Waals surface area contributed by atoms with Crippen molar-refractivity contribution in [3.8, 4) is 34.0 Å². The summed E-state index contributed by atoms with van der Waals surface area (Å²) in [6.07, 6.45) is 0. The Morgan fingerprint density at radius 1 is 0.361 bits per heavy atom. The zero-order valence-corrected chi connectivity index (χ0v) is 20.4. The van der Waals surface area contributed by atoms with Gasteiger partial charge in [0.25, 0.3) is 0 Å². The number of rotatable bonds is 3. The molecule has 36 heavy (non-hydrogen) atoms. The topological polar surface area (TPSA) is 39.4 Å². The molecule has 4 aromatic carbocycles. The first-order chi connectivity index (χ1) is 17.5. The third kappa shape index (κ3) is 3.28. The first-order valence-electron chi connectivity index (χ1n) is 12.2. The molecule has 0 fully saturated rings. The highest BCUT2D eigenvalue weighted by molar-refractivity contribution is 6.22. The van der Waals surface area contributed by atoms with Gasteiger partial charge in [0.15, 0.2) is 0 Å². The average Bonchev–Trinajstić information content (AvgIpc) is 3.61. The van der Waals surface area contributed by atoms with Gasteiger partial charge in [-0.25, -0.2) is 0 Å². The second kappa shape index (κ2) is 7.76. The van der Waals surface area contributed by atoms with Crippen LogP contribution in [0.4, 0.5) is 0 Å². The van der Waals surface area contributed by atoms with Crippen LogP contribution in [0.2, 0.25) is 0 Å². The van der Waals surface area contributed by atoms with Gasteiger partial charge in [0.1, 0.15) is 34.0 Å². The van der Waals surface area contributed by atoms with E-state index in [2.05, 4.69) is 112 Å². The van der Waals surface area contributed by atoms with Gasteiger partial charge >= 0.3 is 0 Å². The first-order valence-corrected chi connectivity index (χ1v) is 12.2. The monoisotopic (exact) mass is 468 g/mol. The quantitative estimate of drug-likeness (QED) is 0.259. The summed E-state index contributed by atoms with van der Waals surface area (Å²) >= 11 is 0. The third-order valence-electron chi connectivity index (χ3n) is 6.94. The molecule has 0 atom stereocenters. The first kappa shape index (κ1) is 20.8. The summed E-state index contributed by atoms with van der Waals surface area (Å²) < 4.78 is 19.5. The van der Waals surface area contributed by atoms with Crippen LogP contribution in [0.5, 0.6) is 0 Å². The Balaban J connectivity index is 1.53. The minimum atomic E-state index is 0.778. The van der Waals surface area contributed by atoms with E-state index in [4.69, 9.17) is 13.3 Å². The minimum Gasteiger partial charge on any atom is -0.455 e. The maximum Gasteiger partial charge on any atom is 0.149 e. The van der Waals surface area contributed by atoms with E-state index in [1.807, 2.05) is 0 Å². The molecule has 3 aromatic heterocycles. The van der Waals surface area contributed by atoms with E-state index in [1.54, 1.807) is 0 Å². The number of hydrogen-bond acceptors (Lipinski definition) is 3. The summed E-state index contributed by atoms with van der Waals surface area (Å²) in [7, 11) is 0. The van der Waals surface area contributed by atoms with Gasteiger partial charge in [0.05, 0.1) is 16.2 Å². The van der Waals surface area contributed by atoms with E-state index in [9.17, 15) is 0 Å². The lowest BCUT2D eigenvalue weighted by Crippen LogP contribution is -1.74. The fourth-order valence-electron chi connectivity index (χ4n) is 4.86. The molecule has 0 bridgehead atoms. The number of benzene rings is 4. The summed E-state index contributed by atoms with van der Waals surface area (Å²) in [5, 5.41) is 2.84. The van der Waals surface area contributed by atoms with E-state index in [0.717, 1.165) is 66.9 Å². The van der Waals surface area contributed by atoms with Crippen LogP contribution in [-0.2, 0) is 0 Å². The number of furan rings is 3. The summed E-state index contributed by atoms with van der Waals surface area (Å²) in [5.41, 5.74) is 9.07. The molecule has 0 radical (unpaired) electrons. The van der Waals surface area contributed by atoms with Gasteiger partial charge in [-0.05, 0) is 39.0 Å². The molecule has 3 heteroatoms. The second-order valence-corrected chi connectivity index (χ2v) is 9.66. The molecular weight excluding hydrogens is 444 g/mol. The van der Waals surface area contributed by atoms with Crippen molar-refractivity contribution in [1.29, 1.82) is 0 Å². The largest absolute Gasteiger partial charge is 0.455 e. The molecule has 0 aliphatic heterocycles. The van der Waals surface area contributed by atoms with E-state index in [0.29, 0.717) is 0 Å². The molecule has 0 unspecified atom stereocenters. The molecule has 0 spiro atoms. The number of hydrogen-bond donors (Lipinski definition) is 0. The highest BCUT2D eigenvalue weighted by Gasteiger charge is 2.22. The maximum absolute atomic E-state index is 6.49. The normalized spacial score (nSPS) is 11.8. The predicted octanol–water partition coefficient (Wildman–Crippen LogP) is 9.85. The zero-order valence-electron chi connectivity index (χ0n) is 20.4. The van der Waals surface area contributed by atoms with Gasteiger partial charge in [-0.15, -0.1) is 0 Å². The van der Waals surface area contributed by atoms with Crippen molar-refractivity contribution in [2.24, 2.45) is 0 Å². The van der Waals surface area contributed by atoms with Gasteiger partial charge in [-0.1, -0.05) is 89.5 Å². The van der Waals surface area contributed by atoms with Crippen LogP contribution >= 0.6 is 0 Å². The van der Waals surface area contributed by atoms with Crippen LogP contribution in [-0.4, -0.2) is 0 Å². The Morgan fingerprint density at radius 2 is 0.611 bits per heavy atom. The molecule has 0 N–H and O–H groups in total. The molecule has 3 nitrogen and oxygen atoms in total. The van der Waals surface area contributed by atoms with Crippen molar-refractivity contribution >= 4 is 32.9 Å². The Bertz CT molecular complexity index is 1550. The summed E-state index contributed by atoms with van der Waals surface area (Å²) in [5.74, 6) is 2.43. The zero-order chi connectivity index (χ0) is 24.4. The minimum absolute atomic E-state index is 0.778. The molecular formula is C33H24O3. The lowest BCUT2D eigenvalue weighted by atomic mass is 10.1. The number of aryl methyl sites for hydroxylation is 3. The van der Waals surface area contributed by atoms with Crippen molar-refractivity contribution < 1.29 is 13.3 Å². The van der Waals surface area contributed by atoms with Gasteiger partial charge < -0.3 is 13.3 Å². The Hall–Kier alpha value is -4.50. The van der Waals surface area contributed by atoms with Crippen LogP contribution in [0.15, 0.2) is 104 Å². The smallest absolute Gasteiger partial charge is 0.149 e. The summed E-state index contributed by atoms with van der Waals surface area (Å²) in [6, 6.07) is 31.4.